The number of anilines is 3. The van der Waals surface area contributed by atoms with Gasteiger partial charge in [-0.05, 0) is 103 Å². The van der Waals surface area contributed by atoms with Crippen molar-refractivity contribution in [3.63, 3.8) is 0 Å². The van der Waals surface area contributed by atoms with E-state index in [0.717, 1.165) is 11.4 Å². The molecule has 1 atom stereocenters. The molecule has 0 N–H and O–H groups in total. The molecule has 55 heavy (non-hydrogen) atoms. The second-order valence-electron chi connectivity index (χ2n) is 14.4. The first-order valence-electron chi connectivity index (χ1n) is 18.9. The summed E-state index contributed by atoms with van der Waals surface area (Å²) in [5, 5.41) is 2.55. The van der Waals surface area contributed by atoms with Gasteiger partial charge in [-0.1, -0.05) is 182 Å². The summed E-state index contributed by atoms with van der Waals surface area (Å²) in [6.07, 6.45) is 0. The van der Waals surface area contributed by atoms with E-state index in [1.54, 1.807) is 0 Å². The largest absolute Gasteiger partial charge is 0.310 e. The van der Waals surface area contributed by atoms with Gasteiger partial charge in [0.1, 0.15) is 0 Å². The molecule has 1 spiro atoms. The van der Waals surface area contributed by atoms with Crippen LogP contribution in [0.4, 0.5) is 17.1 Å². The van der Waals surface area contributed by atoms with Crippen molar-refractivity contribution in [2.75, 3.05) is 4.90 Å². The highest BCUT2D eigenvalue weighted by Crippen LogP contribution is 2.65. The van der Waals surface area contributed by atoms with Crippen LogP contribution in [0.1, 0.15) is 22.3 Å². The molecule has 1 aliphatic carbocycles. The van der Waals surface area contributed by atoms with Gasteiger partial charge < -0.3 is 4.90 Å². The second-order valence-corrected chi connectivity index (χ2v) is 15.5. The molecule has 0 aromatic heterocycles. The van der Waals surface area contributed by atoms with Crippen LogP contribution in [0, 0.1) is 0 Å². The van der Waals surface area contributed by atoms with Crippen molar-refractivity contribution in [2.45, 2.75) is 15.2 Å². The normalized spacial score (nSPS) is 14.9. The van der Waals surface area contributed by atoms with Crippen molar-refractivity contribution < 1.29 is 0 Å². The highest BCUT2D eigenvalue weighted by Gasteiger charge is 2.52. The zero-order valence-corrected chi connectivity index (χ0v) is 30.9. The van der Waals surface area contributed by atoms with E-state index in [1.165, 1.54) is 81.9 Å². The summed E-state index contributed by atoms with van der Waals surface area (Å²) in [4.78, 5) is 5.10. The lowest BCUT2D eigenvalue weighted by molar-refractivity contribution is 0.730. The highest BCUT2D eigenvalue weighted by molar-refractivity contribution is 7.99. The molecule has 2 aliphatic rings. The second kappa shape index (κ2) is 12.8. The summed E-state index contributed by atoms with van der Waals surface area (Å²) in [5.74, 6) is 0. The van der Waals surface area contributed by atoms with Crippen LogP contribution in [0.2, 0.25) is 0 Å². The van der Waals surface area contributed by atoms with Gasteiger partial charge in [-0.25, -0.2) is 0 Å². The number of hydrogen-bond acceptors (Lipinski definition) is 2. The first-order valence-corrected chi connectivity index (χ1v) is 19.7. The molecular formula is C53H35NS. The third-order valence-electron chi connectivity index (χ3n) is 11.5. The van der Waals surface area contributed by atoms with Crippen molar-refractivity contribution in [1.29, 1.82) is 0 Å². The molecule has 258 valence electrons. The van der Waals surface area contributed by atoms with Crippen LogP contribution < -0.4 is 4.90 Å². The van der Waals surface area contributed by atoms with E-state index >= 15 is 0 Å². The van der Waals surface area contributed by atoms with Gasteiger partial charge in [-0.3, -0.25) is 0 Å². The highest BCUT2D eigenvalue weighted by atomic mass is 32.2. The first kappa shape index (κ1) is 31.9. The summed E-state index contributed by atoms with van der Waals surface area (Å²) in [6, 6.07) is 78.3. The lowest BCUT2D eigenvalue weighted by atomic mass is 9.65. The molecule has 0 amide bonds. The first-order chi connectivity index (χ1) is 27.3. The monoisotopic (exact) mass is 717 g/mol. The predicted molar refractivity (Wildman–Crippen MR) is 231 cm³/mol. The summed E-state index contributed by atoms with van der Waals surface area (Å²) in [6.45, 7) is 0. The smallest absolute Gasteiger partial charge is 0.0762 e. The third kappa shape index (κ3) is 4.88. The average Bonchev–Trinajstić information content (AvgIpc) is 3.56. The van der Waals surface area contributed by atoms with Crippen LogP contribution in [-0.4, -0.2) is 0 Å². The van der Waals surface area contributed by atoms with E-state index in [1.807, 2.05) is 11.8 Å². The molecule has 11 rings (SSSR count). The minimum atomic E-state index is -0.563. The molecule has 9 aromatic rings. The zero-order valence-electron chi connectivity index (χ0n) is 30.1. The van der Waals surface area contributed by atoms with Gasteiger partial charge in [0.2, 0.25) is 0 Å². The Kier molecular flexibility index (Phi) is 7.40. The molecule has 1 heterocycles. The van der Waals surface area contributed by atoms with Gasteiger partial charge >= 0.3 is 0 Å². The maximum Gasteiger partial charge on any atom is 0.0762 e. The Labute approximate surface area is 326 Å². The topological polar surface area (TPSA) is 3.24 Å². The Hall–Kier alpha value is -6.61. The number of nitrogens with zero attached hydrogens (tertiary/aromatic N) is 1. The summed E-state index contributed by atoms with van der Waals surface area (Å²) < 4.78 is 0. The Morgan fingerprint density at radius 1 is 0.345 bits per heavy atom. The van der Waals surface area contributed by atoms with E-state index in [0.29, 0.717) is 0 Å². The maximum absolute atomic E-state index is 2.49. The van der Waals surface area contributed by atoms with Crippen LogP contribution in [0.5, 0.6) is 0 Å². The Balaban J connectivity index is 1.22. The van der Waals surface area contributed by atoms with Crippen molar-refractivity contribution in [1.82, 2.24) is 0 Å². The quantitative estimate of drug-likeness (QED) is 0.174. The molecule has 1 nitrogen and oxygen atoms in total. The van der Waals surface area contributed by atoms with Crippen LogP contribution in [0.25, 0.3) is 44.2 Å². The number of hydrogen-bond donors (Lipinski definition) is 0. The van der Waals surface area contributed by atoms with Crippen LogP contribution >= 0.6 is 11.8 Å². The van der Waals surface area contributed by atoms with Gasteiger partial charge in [0.05, 0.1) is 11.1 Å². The fourth-order valence-electron chi connectivity index (χ4n) is 9.20. The van der Waals surface area contributed by atoms with Gasteiger partial charge in [0.15, 0.2) is 0 Å². The fraction of sp³-hybridized carbons (Fsp3) is 0.0189. The molecule has 1 unspecified atom stereocenters. The Morgan fingerprint density at radius 3 is 1.58 bits per heavy atom. The van der Waals surface area contributed by atoms with E-state index in [9.17, 15) is 0 Å². The minimum absolute atomic E-state index is 0.563. The molecule has 0 radical (unpaired) electrons. The van der Waals surface area contributed by atoms with E-state index in [-0.39, 0.29) is 0 Å². The van der Waals surface area contributed by atoms with Gasteiger partial charge in [-0.15, -0.1) is 0 Å². The summed E-state index contributed by atoms with van der Waals surface area (Å²) in [5.41, 5.74) is 15.6. The molecule has 0 fully saturated rings. The van der Waals surface area contributed by atoms with Crippen molar-refractivity contribution in [3.05, 3.63) is 235 Å². The Bertz CT molecular complexity index is 2800. The van der Waals surface area contributed by atoms with Crippen molar-refractivity contribution >= 4 is 39.6 Å². The maximum atomic E-state index is 2.49. The fourth-order valence-corrected chi connectivity index (χ4v) is 10.4. The van der Waals surface area contributed by atoms with Crippen LogP contribution in [0.15, 0.2) is 222 Å². The van der Waals surface area contributed by atoms with Gasteiger partial charge in [-0.2, -0.15) is 0 Å². The molecule has 1 aliphatic heterocycles. The summed E-state index contributed by atoms with van der Waals surface area (Å²) >= 11 is 1.90. The van der Waals surface area contributed by atoms with Crippen LogP contribution in [0.3, 0.4) is 0 Å². The molecule has 9 aromatic carbocycles. The van der Waals surface area contributed by atoms with Gasteiger partial charge in [0.25, 0.3) is 0 Å². The van der Waals surface area contributed by atoms with Crippen molar-refractivity contribution in [2.24, 2.45) is 0 Å². The molecule has 2 heteroatoms. The molecular weight excluding hydrogens is 683 g/mol. The van der Waals surface area contributed by atoms with Crippen LogP contribution in [-0.2, 0) is 5.41 Å². The predicted octanol–water partition coefficient (Wildman–Crippen LogP) is 14.5. The average molecular weight is 718 g/mol. The van der Waals surface area contributed by atoms with Gasteiger partial charge in [0, 0.05) is 26.7 Å². The summed E-state index contributed by atoms with van der Waals surface area (Å²) in [7, 11) is 0. The minimum Gasteiger partial charge on any atom is -0.310 e. The number of benzene rings is 9. The SMILES string of the molecule is c1ccc(-c2ccc(N(c3ccc(-c4ccccc4)cc3)c3cccc4c3C3(c5ccccc5Sc5ccc6ccccc6c53)c3ccccc3-4)cc2)cc1. The van der Waals surface area contributed by atoms with E-state index in [2.05, 4.69) is 217 Å². The standard InChI is InChI=1S/C53H35NS/c1-3-14-36(15-4-1)38-26-31-41(32-27-38)54(42-33-28-39(29-34-42)37-16-5-2-6-17-37)48-24-13-21-45-44-20-9-10-22-46(44)53(51(45)48)47-23-11-12-25-49(47)55-50-35-30-40-18-7-8-19-43(40)52(50)53/h1-35H. The molecule has 0 saturated carbocycles. The zero-order chi connectivity index (χ0) is 36.3. The van der Waals surface area contributed by atoms with E-state index < -0.39 is 5.41 Å². The molecule has 0 saturated heterocycles. The number of rotatable bonds is 5. The number of fused-ring (bicyclic) bond motifs is 11. The molecule has 0 bridgehead atoms. The lowest BCUT2D eigenvalue weighted by Gasteiger charge is -2.42. The Morgan fingerprint density at radius 2 is 0.891 bits per heavy atom. The van der Waals surface area contributed by atoms with Crippen molar-refractivity contribution in [3.8, 4) is 33.4 Å². The lowest BCUT2D eigenvalue weighted by Crippen LogP contribution is -2.33. The van der Waals surface area contributed by atoms with E-state index in [4.69, 9.17) is 0 Å². The third-order valence-corrected chi connectivity index (χ3v) is 12.7.